The van der Waals surface area contributed by atoms with Gasteiger partial charge in [0.15, 0.2) is 9.84 Å². The van der Waals surface area contributed by atoms with Crippen molar-refractivity contribution in [3.05, 3.63) is 67.8 Å². The molecule has 3 heterocycles. The molecule has 1 aliphatic heterocycles. The normalized spacial score (nSPS) is 17.9. The standard InChI is InChI=1S/C21H17N3O6S/c1-12-16(9-22)20(26)24(15-6-7-31(28,29)11-15)21(27)17(12)10-23-14-3-4-18-13(8-14)2-5-19(25)30-18/h2-5,8,10,15,27H,6-7,11H2,1H3. The highest BCUT2D eigenvalue weighted by Crippen LogP contribution is 2.30. The van der Waals surface area contributed by atoms with Gasteiger partial charge in [-0.3, -0.25) is 14.4 Å². The summed E-state index contributed by atoms with van der Waals surface area (Å²) in [4.78, 5) is 28.4. The molecular formula is C21H17N3O6S. The molecule has 0 aliphatic carbocycles. The molecule has 1 aliphatic rings. The van der Waals surface area contributed by atoms with Gasteiger partial charge in [0.1, 0.15) is 17.2 Å². The van der Waals surface area contributed by atoms with Gasteiger partial charge in [-0.25, -0.2) is 13.2 Å². The third-order valence-corrected chi connectivity index (χ3v) is 7.06. The van der Waals surface area contributed by atoms with E-state index in [0.29, 0.717) is 16.7 Å². The van der Waals surface area contributed by atoms with Gasteiger partial charge in [0.25, 0.3) is 5.56 Å². The number of aromatic hydroxyl groups is 1. The van der Waals surface area contributed by atoms with Gasteiger partial charge < -0.3 is 9.52 Å². The SMILES string of the molecule is Cc1c(C=Nc2ccc3oc(=O)ccc3c2)c(O)n(C2CCS(=O)(=O)C2)c(=O)c1C#N. The van der Waals surface area contributed by atoms with Crippen molar-refractivity contribution in [1.82, 2.24) is 4.57 Å². The lowest BCUT2D eigenvalue weighted by molar-refractivity contribution is 0.379. The molecule has 31 heavy (non-hydrogen) atoms. The minimum atomic E-state index is -3.32. The third-order valence-electron chi connectivity index (χ3n) is 5.31. The molecule has 1 atom stereocenters. The Balaban J connectivity index is 1.82. The van der Waals surface area contributed by atoms with Crippen LogP contribution in [0.4, 0.5) is 5.69 Å². The zero-order valence-electron chi connectivity index (χ0n) is 16.4. The molecule has 0 radical (unpaired) electrons. The first-order valence-electron chi connectivity index (χ1n) is 9.37. The number of hydrogen-bond donors (Lipinski definition) is 1. The molecule has 158 valence electrons. The maximum atomic E-state index is 12.7. The number of hydrogen-bond acceptors (Lipinski definition) is 8. The van der Waals surface area contributed by atoms with Crippen LogP contribution in [-0.4, -0.2) is 35.8 Å². The highest BCUT2D eigenvalue weighted by atomic mass is 32.2. The van der Waals surface area contributed by atoms with Crippen LogP contribution in [0.2, 0.25) is 0 Å². The molecule has 1 unspecified atom stereocenters. The zero-order valence-corrected chi connectivity index (χ0v) is 17.2. The topological polar surface area (TPSA) is 143 Å². The Labute approximate surface area is 176 Å². The molecule has 1 fully saturated rings. The van der Waals surface area contributed by atoms with Crippen LogP contribution in [0.3, 0.4) is 0 Å². The van der Waals surface area contributed by atoms with E-state index in [4.69, 9.17) is 4.42 Å². The van der Waals surface area contributed by atoms with Crippen LogP contribution in [0.1, 0.15) is 29.2 Å². The van der Waals surface area contributed by atoms with Crippen molar-refractivity contribution in [2.45, 2.75) is 19.4 Å². The Bertz CT molecular complexity index is 1510. The summed E-state index contributed by atoms with van der Waals surface area (Å²) in [5, 5.41) is 20.9. The van der Waals surface area contributed by atoms with Crippen LogP contribution < -0.4 is 11.2 Å². The second kappa shape index (κ2) is 7.52. The fraction of sp³-hybridized carbons (Fsp3) is 0.238. The molecule has 3 aromatic rings. The smallest absolute Gasteiger partial charge is 0.336 e. The molecule has 0 amide bonds. The van der Waals surface area contributed by atoms with E-state index in [2.05, 4.69) is 4.99 Å². The lowest BCUT2D eigenvalue weighted by Crippen LogP contribution is -2.29. The molecular weight excluding hydrogens is 422 g/mol. The van der Waals surface area contributed by atoms with E-state index in [0.717, 1.165) is 4.57 Å². The molecule has 0 spiro atoms. The van der Waals surface area contributed by atoms with Crippen LogP contribution in [0.25, 0.3) is 11.0 Å². The average Bonchev–Trinajstić information content (AvgIpc) is 3.07. The summed E-state index contributed by atoms with van der Waals surface area (Å²) >= 11 is 0. The summed E-state index contributed by atoms with van der Waals surface area (Å²) in [6.45, 7) is 1.52. The number of pyridine rings is 1. The lowest BCUT2D eigenvalue weighted by Gasteiger charge is -2.18. The van der Waals surface area contributed by atoms with Crippen molar-refractivity contribution in [3.8, 4) is 11.9 Å². The number of benzene rings is 1. The van der Waals surface area contributed by atoms with Gasteiger partial charge in [0, 0.05) is 17.7 Å². The summed E-state index contributed by atoms with van der Waals surface area (Å²) in [5.41, 5.74) is -0.0864. The number of aromatic nitrogens is 1. The highest BCUT2D eigenvalue weighted by Gasteiger charge is 2.33. The summed E-state index contributed by atoms with van der Waals surface area (Å²) in [6, 6.07) is 8.85. The monoisotopic (exact) mass is 439 g/mol. The Morgan fingerprint density at radius 3 is 2.74 bits per heavy atom. The first-order chi connectivity index (χ1) is 14.7. The minimum absolute atomic E-state index is 0.0874. The first kappa shape index (κ1) is 20.6. The summed E-state index contributed by atoms with van der Waals surface area (Å²) in [5.74, 6) is -0.796. The van der Waals surface area contributed by atoms with Crippen LogP contribution in [-0.2, 0) is 9.84 Å². The summed E-state index contributed by atoms with van der Waals surface area (Å²) < 4.78 is 29.8. The molecule has 0 saturated carbocycles. The highest BCUT2D eigenvalue weighted by molar-refractivity contribution is 7.91. The molecule has 1 N–H and O–H groups in total. The van der Waals surface area contributed by atoms with Gasteiger partial charge in [0.2, 0.25) is 5.88 Å². The number of rotatable bonds is 3. The Kier molecular flexibility index (Phi) is 4.99. The molecule has 0 bridgehead atoms. The fourth-order valence-electron chi connectivity index (χ4n) is 3.69. The van der Waals surface area contributed by atoms with Crippen LogP contribution in [0.5, 0.6) is 5.88 Å². The number of aliphatic imine (C=N–C) groups is 1. The van der Waals surface area contributed by atoms with Crippen molar-refractivity contribution >= 4 is 32.7 Å². The minimum Gasteiger partial charge on any atom is -0.494 e. The van der Waals surface area contributed by atoms with Crippen molar-refractivity contribution in [2.75, 3.05) is 11.5 Å². The van der Waals surface area contributed by atoms with E-state index in [-0.39, 0.29) is 34.6 Å². The van der Waals surface area contributed by atoms with Gasteiger partial charge >= 0.3 is 5.63 Å². The molecule has 1 aromatic carbocycles. The molecule has 1 saturated heterocycles. The van der Waals surface area contributed by atoms with E-state index in [1.165, 1.54) is 19.2 Å². The molecule has 9 nitrogen and oxygen atoms in total. The number of sulfone groups is 1. The van der Waals surface area contributed by atoms with Crippen LogP contribution in [0, 0.1) is 18.3 Å². The van der Waals surface area contributed by atoms with Gasteiger partial charge in [-0.1, -0.05) is 0 Å². The fourth-order valence-corrected chi connectivity index (χ4v) is 5.39. The summed E-state index contributed by atoms with van der Waals surface area (Å²) in [7, 11) is -3.32. The molecule has 10 heteroatoms. The third kappa shape index (κ3) is 3.75. The van der Waals surface area contributed by atoms with Gasteiger partial charge in [0.05, 0.1) is 28.8 Å². The zero-order chi connectivity index (χ0) is 22.3. The van der Waals surface area contributed by atoms with Crippen molar-refractivity contribution in [3.63, 3.8) is 0 Å². The van der Waals surface area contributed by atoms with E-state index in [9.17, 15) is 28.4 Å². The quantitative estimate of drug-likeness (QED) is 0.485. The first-order valence-corrected chi connectivity index (χ1v) is 11.2. The Morgan fingerprint density at radius 2 is 2.06 bits per heavy atom. The van der Waals surface area contributed by atoms with Crippen LogP contribution in [0.15, 0.2) is 49.3 Å². The second-order valence-electron chi connectivity index (χ2n) is 7.32. The molecule has 4 rings (SSSR count). The van der Waals surface area contributed by atoms with Crippen molar-refractivity contribution in [2.24, 2.45) is 4.99 Å². The van der Waals surface area contributed by atoms with Crippen molar-refractivity contribution < 1.29 is 17.9 Å². The van der Waals surface area contributed by atoms with E-state index in [1.807, 2.05) is 6.07 Å². The second-order valence-corrected chi connectivity index (χ2v) is 9.54. The number of fused-ring (bicyclic) bond motifs is 1. The number of nitrogens with zero attached hydrogens (tertiary/aromatic N) is 3. The largest absolute Gasteiger partial charge is 0.494 e. The van der Waals surface area contributed by atoms with Crippen LogP contribution >= 0.6 is 0 Å². The van der Waals surface area contributed by atoms with Crippen molar-refractivity contribution in [1.29, 1.82) is 5.26 Å². The predicted octanol–water partition coefficient (Wildman–Crippen LogP) is 1.95. The Morgan fingerprint density at radius 1 is 1.29 bits per heavy atom. The summed E-state index contributed by atoms with van der Waals surface area (Å²) in [6.07, 6.45) is 1.50. The average molecular weight is 439 g/mol. The van der Waals surface area contributed by atoms with Gasteiger partial charge in [-0.15, -0.1) is 0 Å². The van der Waals surface area contributed by atoms with Gasteiger partial charge in [-0.05, 0) is 43.2 Å². The Hall–Kier alpha value is -3.71. The predicted molar refractivity (Wildman–Crippen MR) is 114 cm³/mol. The number of nitriles is 1. The van der Waals surface area contributed by atoms with E-state index in [1.54, 1.807) is 24.3 Å². The molecule has 2 aromatic heterocycles. The van der Waals surface area contributed by atoms with E-state index >= 15 is 0 Å². The maximum Gasteiger partial charge on any atom is 0.336 e. The van der Waals surface area contributed by atoms with Gasteiger partial charge in [-0.2, -0.15) is 5.26 Å². The van der Waals surface area contributed by atoms with E-state index < -0.39 is 32.9 Å². The lowest BCUT2D eigenvalue weighted by atomic mass is 10.0. The maximum absolute atomic E-state index is 12.7.